The Morgan fingerprint density at radius 2 is 1.73 bits per heavy atom. The van der Waals surface area contributed by atoms with Gasteiger partial charge in [-0.3, -0.25) is 0 Å². The quantitative estimate of drug-likeness (QED) is 0.584. The minimum Gasteiger partial charge on any atom is -0.444 e. The number of rotatable bonds is 3. The zero-order chi connectivity index (χ0) is 21.7. The van der Waals surface area contributed by atoms with Crippen molar-refractivity contribution < 1.29 is 9.53 Å². The first-order valence-corrected chi connectivity index (χ1v) is 10.6. The molecule has 3 rings (SSSR count). The Morgan fingerprint density at radius 3 is 2.37 bits per heavy atom. The molecular formula is C21H35N7O2. The van der Waals surface area contributed by atoms with Crippen LogP contribution < -0.4 is 10.6 Å². The van der Waals surface area contributed by atoms with E-state index in [9.17, 15) is 4.79 Å². The van der Waals surface area contributed by atoms with Crippen molar-refractivity contribution in [1.29, 1.82) is 0 Å². The van der Waals surface area contributed by atoms with Gasteiger partial charge in [-0.2, -0.15) is 0 Å². The lowest BCUT2D eigenvalue weighted by Crippen LogP contribution is -2.53. The maximum atomic E-state index is 12.2. The first-order chi connectivity index (χ1) is 14.2. The molecule has 2 N–H and O–H groups in total. The van der Waals surface area contributed by atoms with Crippen molar-refractivity contribution in [3.05, 3.63) is 23.9 Å². The summed E-state index contributed by atoms with van der Waals surface area (Å²) in [6, 6.07) is 4.08. The second-order valence-electron chi connectivity index (χ2n) is 8.94. The highest BCUT2D eigenvalue weighted by Crippen LogP contribution is 2.16. The molecule has 3 heterocycles. The average molecular weight is 418 g/mol. The molecule has 1 aromatic heterocycles. The van der Waals surface area contributed by atoms with E-state index in [1.54, 1.807) is 4.90 Å². The van der Waals surface area contributed by atoms with Gasteiger partial charge >= 0.3 is 6.09 Å². The summed E-state index contributed by atoms with van der Waals surface area (Å²) in [5.41, 5.74) is 6.83. The van der Waals surface area contributed by atoms with Crippen LogP contribution in [0.1, 0.15) is 26.3 Å². The number of ether oxygens (including phenoxy) is 1. The number of anilines is 1. The van der Waals surface area contributed by atoms with Crippen LogP contribution in [0.5, 0.6) is 0 Å². The van der Waals surface area contributed by atoms with Crippen LogP contribution in [0.3, 0.4) is 0 Å². The number of aliphatic imine (C=N–C) groups is 1. The fraction of sp³-hybridized carbons (Fsp3) is 0.667. The minimum absolute atomic E-state index is 0.272. The molecule has 9 nitrogen and oxygen atoms in total. The van der Waals surface area contributed by atoms with E-state index in [0.29, 0.717) is 38.7 Å². The van der Waals surface area contributed by atoms with Gasteiger partial charge in [0.05, 0.1) is 6.54 Å². The number of hydrogen-bond acceptors (Lipinski definition) is 6. The van der Waals surface area contributed by atoms with Crippen molar-refractivity contribution in [2.75, 3.05) is 64.3 Å². The molecule has 30 heavy (non-hydrogen) atoms. The van der Waals surface area contributed by atoms with Crippen molar-refractivity contribution in [3.63, 3.8) is 0 Å². The normalized spacial score (nSPS) is 19.2. The third-order valence-electron chi connectivity index (χ3n) is 5.32. The highest BCUT2D eigenvalue weighted by atomic mass is 16.6. The number of nitrogens with two attached hydrogens (primary N) is 1. The second kappa shape index (κ2) is 9.51. The zero-order valence-corrected chi connectivity index (χ0v) is 18.7. The molecule has 2 aliphatic heterocycles. The van der Waals surface area contributed by atoms with Gasteiger partial charge in [0, 0.05) is 58.6 Å². The van der Waals surface area contributed by atoms with E-state index in [-0.39, 0.29) is 6.09 Å². The largest absolute Gasteiger partial charge is 0.444 e. The Morgan fingerprint density at radius 1 is 1.10 bits per heavy atom. The summed E-state index contributed by atoms with van der Waals surface area (Å²) in [6.45, 7) is 12.7. The van der Waals surface area contributed by atoms with Crippen molar-refractivity contribution in [2.24, 2.45) is 10.7 Å². The molecule has 0 spiro atoms. The minimum atomic E-state index is -0.484. The van der Waals surface area contributed by atoms with E-state index in [4.69, 9.17) is 10.5 Å². The number of piperazine rings is 2. The lowest BCUT2D eigenvalue weighted by molar-refractivity contribution is 0.0186. The van der Waals surface area contributed by atoms with E-state index in [1.165, 1.54) is 0 Å². The van der Waals surface area contributed by atoms with E-state index >= 15 is 0 Å². The van der Waals surface area contributed by atoms with Crippen LogP contribution in [0.4, 0.5) is 10.6 Å². The maximum Gasteiger partial charge on any atom is 0.410 e. The molecule has 0 unspecified atom stereocenters. The fourth-order valence-corrected chi connectivity index (χ4v) is 3.48. The number of pyridine rings is 1. The summed E-state index contributed by atoms with van der Waals surface area (Å²) in [5, 5.41) is 0. The third-order valence-corrected chi connectivity index (χ3v) is 5.32. The van der Waals surface area contributed by atoms with Gasteiger partial charge in [-0.25, -0.2) is 14.8 Å². The first kappa shape index (κ1) is 22.1. The van der Waals surface area contributed by atoms with Crippen LogP contribution in [-0.2, 0) is 11.3 Å². The summed E-state index contributed by atoms with van der Waals surface area (Å²) in [4.78, 5) is 29.7. The van der Waals surface area contributed by atoms with Crippen molar-refractivity contribution >= 4 is 17.9 Å². The highest BCUT2D eigenvalue weighted by molar-refractivity contribution is 5.78. The molecular weight excluding hydrogens is 382 g/mol. The monoisotopic (exact) mass is 417 g/mol. The molecule has 2 aliphatic rings. The predicted octanol–water partition coefficient (Wildman–Crippen LogP) is 1.20. The molecule has 166 valence electrons. The van der Waals surface area contributed by atoms with Crippen molar-refractivity contribution in [2.45, 2.75) is 32.9 Å². The Hall–Kier alpha value is -2.55. The SMILES string of the molecule is CN1CCN(c2cc(CN=C(N)N3CCN(C(=O)OC(C)(C)C)CC3)ccn2)CC1. The third kappa shape index (κ3) is 6.22. The van der Waals surface area contributed by atoms with Crippen LogP contribution >= 0.6 is 0 Å². The Labute approximate surface area is 179 Å². The van der Waals surface area contributed by atoms with E-state index < -0.39 is 5.60 Å². The van der Waals surface area contributed by atoms with Crippen LogP contribution in [0.15, 0.2) is 23.3 Å². The van der Waals surface area contributed by atoms with Gasteiger partial charge in [0.25, 0.3) is 0 Å². The zero-order valence-electron chi connectivity index (χ0n) is 18.7. The number of carbonyl (C=O) groups excluding carboxylic acids is 1. The van der Waals surface area contributed by atoms with Crippen LogP contribution in [0, 0.1) is 0 Å². The van der Waals surface area contributed by atoms with Gasteiger partial charge in [0.2, 0.25) is 0 Å². The van der Waals surface area contributed by atoms with Gasteiger partial charge < -0.3 is 30.1 Å². The van der Waals surface area contributed by atoms with Gasteiger partial charge in [-0.1, -0.05) is 0 Å². The molecule has 1 aromatic rings. The van der Waals surface area contributed by atoms with E-state index in [0.717, 1.165) is 37.6 Å². The van der Waals surface area contributed by atoms with Crippen molar-refractivity contribution in [3.8, 4) is 0 Å². The molecule has 1 amide bonds. The summed E-state index contributed by atoms with van der Waals surface area (Å²) >= 11 is 0. The number of nitrogens with zero attached hydrogens (tertiary/aromatic N) is 6. The van der Waals surface area contributed by atoms with Crippen LogP contribution in [-0.4, -0.2) is 96.7 Å². The average Bonchev–Trinajstić information content (AvgIpc) is 2.71. The van der Waals surface area contributed by atoms with Crippen molar-refractivity contribution in [1.82, 2.24) is 19.7 Å². The smallest absolute Gasteiger partial charge is 0.410 e. The maximum absolute atomic E-state index is 12.2. The number of hydrogen-bond donors (Lipinski definition) is 1. The predicted molar refractivity (Wildman–Crippen MR) is 119 cm³/mol. The number of guanidine groups is 1. The molecule has 2 fully saturated rings. The van der Waals surface area contributed by atoms with Crippen LogP contribution in [0.2, 0.25) is 0 Å². The van der Waals surface area contributed by atoms with Gasteiger partial charge in [0.1, 0.15) is 11.4 Å². The number of carbonyl (C=O) groups is 1. The lowest BCUT2D eigenvalue weighted by Gasteiger charge is -2.36. The highest BCUT2D eigenvalue weighted by Gasteiger charge is 2.26. The summed E-state index contributed by atoms with van der Waals surface area (Å²) < 4.78 is 5.44. The Balaban J connectivity index is 1.51. The number of likely N-dealkylation sites (N-methyl/N-ethyl adjacent to an activating group) is 1. The van der Waals surface area contributed by atoms with Crippen LogP contribution in [0.25, 0.3) is 0 Å². The van der Waals surface area contributed by atoms with Gasteiger partial charge in [-0.05, 0) is 45.5 Å². The molecule has 0 saturated carbocycles. The molecule has 0 radical (unpaired) electrons. The molecule has 0 aromatic carbocycles. The summed E-state index contributed by atoms with van der Waals surface area (Å²) in [5.74, 6) is 1.51. The molecule has 0 aliphatic carbocycles. The fourth-order valence-electron chi connectivity index (χ4n) is 3.48. The molecule has 0 bridgehead atoms. The first-order valence-electron chi connectivity index (χ1n) is 10.6. The molecule has 0 atom stereocenters. The van der Waals surface area contributed by atoms with E-state index in [1.807, 2.05) is 37.9 Å². The van der Waals surface area contributed by atoms with E-state index in [2.05, 4.69) is 32.9 Å². The summed E-state index contributed by atoms with van der Waals surface area (Å²) in [6.07, 6.45) is 1.57. The molecule has 2 saturated heterocycles. The standard InChI is InChI=1S/C21H35N7O2/c1-21(2,3)30-20(29)28-13-11-27(12-14-28)19(22)24-16-17-5-6-23-18(15-17)26-9-7-25(4)8-10-26/h5-6,15H,7-14,16H2,1-4H3,(H2,22,24). The lowest BCUT2D eigenvalue weighted by atomic mass is 10.2. The summed E-state index contributed by atoms with van der Waals surface area (Å²) in [7, 11) is 2.14. The Kier molecular flexibility index (Phi) is 7.02. The number of amides is 1. The second-order valence-corrected chi connectivity index (χ2v) is 8.94. The topological polar surface area (TPSA) is 90.5 Å². The number of aromatic nitrogens is 1. The molecule has 9 heteroatoms. The Bertz CT molecular complexity index is 746. The van der Waals surface area contributed by atoms with Gasteiger partial charge in [-0.15, -0.1) is 0 Å². The van der Waals surface area contributed by atoms with Gasteiger partial charge in [0.15, 0.2) is 5.96 Å².